The molecule has 0 fully saturated rings. The number of aryl methyl sites for hydroxylation is 1. The maximum absolute atomic E-state index is 11.6. The molecular formula is C18H20O4. The van der Waals surface area contributed by atoms with Crippen molar-refractivity contribution in [2.24, 2.45) is 0 Å². The summed E-state index contributed by atoms with van der Waals surface area (Å²) >= 11 is 0. The number of benzene rings is 2. The van der Waals surface area contributed by atoms with Crippen LogP contribution in [-0.4, -0.2) is 25.3 Å². The van der Waals surface area contributed by atoms with Crippen molar-refractivity contribution >= 4 is 5.97 Å². The minimum Gasteiger partial charge on any atom is -0.497 e. The summed E-state index contributed by atoms with van der Waals surface area (Å²) in [7, 11) is 3.21. The van der Waals surface area contributed by atoms with E-state index >= 15 is 0 Å². The largest absolute Gasteiger partial charge is 0.497 e. The summed E-state index contributed by atoms with van der Waals surface area (Å²) in [4.78, 5) is 11.6. The third-order valence-electron chi connectivity index (χ3n) is 3.72. The van der Waals surface area contributed by atoms with Gasteiger partial charge in [-0.25, -0.2) is 0 Å². The Morgan fingerprint density at radius 3 is 2.27 bits per heavy atom. The summed E-state index contributed by atoms with van der Waals surface area (Å²) in [6, 6.07) is 13.0. The molecule has 22 heavy (non-hydrogen) atoms. The molecule has 2 aromatic rings. The molecule has 4 heteroatoms. The summed E-state index contributed by atoms with van der Waals surface area (Å²) in [6.07, 6.45) is 0.436. The molecule has 0 amide bonds. The molecule has 2 aromatic carbocycles. The monoisotopic (exact) mass is 300 g/mol. The molecule has 0 bridgehead atoms. The van der Waals surface area contributed by atoms with E-state index in [1.165, 1.54) is 0 Å². The lowest BCUT2D eigenvalue weighted by Gasteiger charge is -2.15. The van der Waals surface area contributed by atoms with Gasteiger partial charge in [-0.05, 0) is 48.2 Å². The van der Waals surface area contributed by atoms with Crippen LogP contribution >= 0.6 is 0 Å². The van der Waals surface area contributed by atoms with Crippen LogP contribution in [0.2, 0.25) is 0 Å². The van der Waals surface area contributed by atoms with Crippen molar-refractivity contribution in [3.63, 3.8) is 0 Å². The van der Waals surface area contributed by atoms with Crippen LogP contribution in [0.3, 0.4) is 0 Å². The molecule has 4 nitrogen and oxygen atoms in total. The standard InChI is InChI=1S/C18H20O4/c1-12-10-14(6-9-17(12)22-3)16(18(19)20)11-13-4-7-15(21-2)8-5-13/h4-10,16H,11H2,1-3H3,(H,19,20). The molecule has 0 aromatic heterocycles. The van der Waals surface area contributed by atoms with Crippen molar-refractivity contribution in [1.82, 2.24) is 0 Å². The normalized spacial score (nSPS) is 11.8. The third kappa shape index (κ3) is 3.58. The predicted octanol–water partition coefficient (Wildman–Crippen LogP) is 3.42. The zero-order valence-electron chi connectivity index (χ0n) is 13.0. The fourth-order valence-electron chi connectivity index (χ4n) is 2.46. The first-order chi connectivity index (χ1) is 10.5. The number of carbonyl (C=O) groups is 1. The van der Waals surface area contributed by atoms with Gasteiger partial charge in [0.1, 0.15) is 11.5 Å². The van der Waals surface area contributed by atoms with Crippen LogP contribution in [0.1, 0.15) is 22.6 Å². The Morgan fingerprint density at radius 2 is 1.77 bits per heavy atom. The van der Waals surface area contributed by atoms with Gasteiger partial charge in [0.05, 0.1) is 20.1 Å². The van der Waals surface area contributed by atoms with E-state index in [0.717, 1.165) is 28.2 Å². The molecule has 0 saturated carbocycles. The van der Waals surface area contributed by atoms with Crippen molar-refractivity contribution in [2.45, 2.75) is 19.3 Å². The van der Waals surface area contributed by atoms with Gasteiger partial charge in [0, 0.05) is 0 Å². The second-order valence-electron chi connectivity index (χ2n) is 5.17. The second kappa shape index (κ2) is 6.98. The lowest BCUT2D eigenvalue weighted by Crippen LogP contribution is -2.14. The number of ether oxygens (including phenoxy) is 2. The van der Waals surface area contributed by atoms with Crippen LogP contribution in [0.4, 0.5) is 0 Å². The molecule has 0 aliphatic rings. The van der Waals surface area contributed by atoms with Crippen LogP contribution in [-0.2, 0) is 11.2 Å². The minimum absolute atomic E-state index is 0.436. The fourth-order valence-corrected chi connectivity index (χ4v) is 2.46. The molecule has 0 spiro atoms. The molecule has 116 valence electrons. The van der Waals surface area contributed by atoms with E-state index in [-0.39, 0.29) is 0 Å². The van der Waals surface area contributed by atoms with E-state index in [4.69, 9.17) is 9.47 Å². The molecule has 0 saturated heterocycles. The molecule has 0 aliphatic carbocycles. The Hall–Kier alpha value is -2.49. The first-order valence-electron chi connectivity index (χ1n) is 7.05. The van der Waals surface area contributed by atoms with Gasteiger partial charge in [-0.3, -0.25) is 4.79 Å². The quantitative estimate of drug-likeness (QED) is 0.888. The van der Waals surface area contributed by atoms with Crippen LogP contribution < -0.4 is 9.47 Å². The Morgan fingerprint density at radius 1 is 1.09 bits per heavy atom. The van der Waals surface area contributed by atoms with Crippen molar-refractivity contribution in [2.75, 3.05) is 14.2 Å². The van der Waals surface area contributed by atoms with Gasteiger partial charge >= 0.3 is 5.97 Å². The van der Waals surface area contributed by atoms with Gasteiger partial charge in [-0.2, -0.15) is 0 Å². The average molecular weight is 300 g/mol. The summed E-state index contributed by atoms with van der Waals surface area (Å²) in [5.41, 5.74) is 2.67. The summed E-state index contributed by atoms with van der Waals surface area (Å²) in [6.45, 7) is 1.91. The number of carboxylic acid groups (broad SMARTS) is 1. The molecule has 0 aliphatic heterocycles. The number of rotatable bonds is 6. The Kier molecular flexibility index (Phi) is 5.04. The maximum atomic E-state index is 11.6. The highest BCUT2D eigenvalue weighted by Crippen LogP contribution is 2.27. The van der Waals surface area contributed by atoms with Crippen LogP contribution in [0.25, 0.3) is 0 Å². The Labute approximate surface area is 130 Å². The summed E-state index contributed by atoms with van der Waals surface area (Å²) in [5.74, 6) is 0.103. The highest BCUT2D eigenvalue weighted by atomic mass is 16.5. The first kappa shape index (κ1) is 15.9. The number of methoxy groups -OCH3 is 2. The van der Waals surface area contributed by atoms with Crippen LogP contribution in [0.5, 0.6) is 11.5 Å². The lowest BCUT2D eigenvalue weighted by atomic mass is 9.91. The number of hydrogen-bond acceptors (Lipinski definition) is 3. The molecule has 0 radical (unpaired) electrons. The van der Waals surface area contributed by atoms with E-state index < -0.39 is 11.9 Å². The van der Waals surface area contributed by atoms with Crippen molar-refractivity contribution in [3.8, 4) is 11.5 Å². The van der Waals surface area contributed by atoms with E-state index in [0.29, 0.717) is 6.42 Å². The van der Waals surface area contributed by atoms with Crippen molar-refractivity contribution in [1.29, 1.82) is 0 Å². The lowest BCUT2D eigenvalue weighted by molar-refractivity contribution is -0.138. The molecule has 1 atom stereocenters. The van der Waals surface area contributed by atoms with E-state index in [1.54, 1.807) is 14.2 Å². The highest BCUT2D eigenvalue weighted by Gasteiger charge is 2.21. The van der Waals surface area contributed by atoms with Crippen molar-refractivity contribution < 1.29 is 19.4 Å². The number of carboxylic acids is 1. The number of aliphatic carboxylic acids is 1. The van der Waals surface area contributed by atoms with Crippen molar-refractivity contribution in [3.05, 3.63) is 59.2 Å². The van der Waals surface area contributed by atoms with Gasteiger partial charge in [-0.1, -0.05) is 24.3 Å². The molecular weight excluding hydrogens is 280 g/mol. The topological polar surface area (TPSA) is 55.8 Å². The predicted molar refractivity (Wildman–Crippen MR) is 84.8 cm³/mol. The number of hydrogen-bond donors (Lipinski definition) is 1. The average Bonchev–Trinajstić information content (AvgIpc) is 2.52. The smallest absolute Gasteiger partial charge is 0.311 e. The molecule has 2 rings (SSSR count). The first-order valence-corrected chi connectivity index (χ1v) is 7.05. The van der Waals surface area contributed by atoms with E-state index in [1.807, 2.05) is 49.4 Å². The Bertz CT molecular complexity index is 647. The summed E-state index contributed by atoms with van der Waals surface area (Å²) in [5, 5.41) is 9.55. The highest BCUT2D eigenvalue weighted by molar-refractivity contribution is 5.76. The van der Waals surface area contributed by atoms with Gasteiger partial charge in [0.15, 0.2) is 0 Å². The summed E-state index contributed by atoms with van der Waals surface area (Å²) < 4.78 is 10.3. The van der Waals surface area contributed by atoms with Gasteiger partial charge in [0.25, 0.3) is 0 Å². The van der Waals surface area contributed by atoms with E-state index in [2.05, 4.69) is 0 Å². The molecule has 1 unspecified atom stereocenters. The van der Waals surface area contributed by atoms with Crippen LogP contribution in [0, 0.1) is 6.92 Å². The van der Waals surface area contributed by atoms with Gasteiger partial charge in [0.2, 0.25) is 0 Å². The fraction of sp³-hybridized carbons (Fsp3) is 0.278. The van der Waals surface area contributed by atoms with Gasteiger partial charge < -0.3 is 14.6 Å². The van der Waals surface area contributed by atoms with E-state index in [9.17, 15) is 9.90 Å². The second-order valence-corrected chi connectivity index (χ2v) is 5.17. The minimum atomic E-state index is -0.833. The molecule has 1 N–H and O–H groups in total. The SMILES string of the molecule is COc1ccc(CC(C(=O)O)c2ccc(OC)c(C)c2)cc1. The Balaban J connectivity index is 2.26. The zero-order chi connectivity index (χ0) is 16.1. The zero-order valence-corrected chi connectivity index (χ0v) is 13.0. The van der Waals surface area contributed by atoms with Crippen LogP contribution in [0.15, 0.2) is 42.5 Å². The third-order valence-corrected chi connectivity index (χ3v) is 3.72. The van der Waals surface area contributed by atoms with Gasteiger partial charge in [-0.15, -0.1) is 0 Å². The maximum Gasteiger partial charge on any atom is 0.311 e. The molecule has 0 heterocycles.